The Kier molecular flexibility index (Phi) is 6.34. The molecule has 1 rings (SSSR count). The van der Waals surface area contributed by atoms with Crippen molar-refractivity contribution in [1.82, 2.24) is 0 Å². The molecule has 0 aromatic heterocycles. The Balaban J connectivity index is 2.31. The fourth-order valence-electron chi connectivity index (χ4n) is 2.22. The van der Waals surface area contributed by atoms with Crippen LogP contribution in [0.4, 0.5) is 0 Å². The molecule has 0 spiro atoms. The average Bonchev–Trinajstić information content (AvgIpc) is 2.30. The quantitative estimate of drug-likeness (QED) is 0.770. The first kappa shape index (κ1) is 14.8. The summed E-state index contributed by atoms with van der Waals surface area (Å²) < 4.78 is 5.50. The molecule has 0 bridgehead atoms. The summed E-state index contributed by atoms with van der Waals surface area (Å²) in [5, 5.41) is 0. The molecule has 0 aromatic rings. The zero-order valence-corrected chi connectivity index (χ0v) is 12.0. The van der Waals surface area contributed by atoms with Crippen LogP contribution in [0.2, 0.25) is 0 Å². The fraction of sp³-hybridized carbons (Fsp3) is 0.923. The summed E-state index contributed by atoms with van der Waals surface area (Å²) in [6, 6.07) is -0.447. The van der Waals surface area contributed by atoms with E-state index < -0.39 is 6.04 Å². The first-order chi connectivity index (χ1) is 8.04. The van der Waals surface area contributed by atoms with Crippen LogP contribution >= 0.6 is 11.8 Å². The van der Waals surface area contributed by atoms with E-state index in [1.807, 2.05) is 6.26 Å². The minimum atomic E-state index is -0.447. The molecule has 0 saturated heterocycles. The van der Waals surface area contributed by atoms with Crippen LogP contribution in [0.15, 0.2) is 0 Å². The maximum atomic E-state index is 11.7. The molecule has 0 aliphatic heterocycles. The van der Waals surface area contributed by atoms with E-state index in [1.54, 1.807) is 11.8 Å². The molecule has 3 nitrogen and oxygen atoms in total. The summed E-state index contributed by atoms with van der Waals surface area (Å²) in [6.07, 6.45) is 5.95. The maximum absolute atomic E-state index is 11.7. The van der Waals surface area contributed by atoms with E-state index in [0.29, 0.717) is 12.3 Å². The standard InChI is InChI=1S/C13H25NO2S/c1-9-4-5-11(8-10(9)2)16-13(15)12(14)6-7-17-3/h9-12H,4-8,14H2,1-3H3. The molecule has 17 heavy (non-hydrogen) atoms. The van der Waals surface area contributed by atoms with Gasteiger partial charge < -0.3 is 10.5 Å². The van der Waals surface area contributed by atoms with E-state index in [9.17, 15) is 4.79 Å². The number of carbonyl (C=O) groups is 1. The van der Waals surface area contributed by atoms with Gasteiger partial charge in [-0.1, -0.05) is 13.8 Å². The molecule has 4 heteroatoms. The van der Waals surface area contributed by atoms with Gasteiger partial charge in [0.15, 0.2) is 0 Å². The van der Waals surface area contributed by atoms with Gasteiger partial charge in [-0.15, -0.1) is 0 Å². The van der Waals surface area contributed by atoms with Gasteiger partial charge in [0.25, 0.3) is 0 Å². The van der Waals surface area contributed by atoms with Gasteiger partial charge in [-0.05, 0) is 49.5 Å². The Hall–Kier alpha value is -0.220. The lowest BCUT2D eigenvalue weighted by Gasteiger charge is -2.32. The van der Waals surface area contributed by atoms with E-state index in [-0.39, 0.29) is 12.1 Å². The summed E-state index contributed by atoms with van der Waals surface area (Å²) in [5.41, 5.74) is 5.79. The third-order valence-corrected chi connectivity index (χ3v) is 4.41. The lowest BCUT2D eigenvalue weighted by molar-refractivity contribution is -0.153. The number of ether oxygens (including phenoxy) is 1. The zero-order valence-electron chi connectivity index (χ0n) is 11.1. The molecular formula is C13H25NO2S. The number of hydrogen-bond acceptors (Lipinski definition) is 4. The highest BCUT2D eigenvalue weighted by molar-refractivity contribution is 7.98. The molecule has 4 atom stereocenters. The molecule has 1 aliphatic carbocycles. The van der Waals surface area contributed by atoms with E-state index in [2.05, 4.69) is 13.8 Å². The van der Waals surface area contributed by atoms with Crippen LogP contribution in [-0.4, -0.2) is 30.1 Å². The predicted octanol–water partition coefficient (Wildman–Crippen LogP) is 2.43. The molecule has 100 valence electrons. The number of carbonyl (C=O) groups excluding carboxylic acids is 1. The second-order valence-corrected chi connectivity index (χ2v) is 6.20. The third-order valence-electron chi connectivity index (χ3n) is 3.77. The number of rotatable bonds is 5. The summed E-state index contributed by atoms with van der Waals surface area (Å²) in [6.45, 7) is 4.51. The molecule has 1 saturated carbocycles. The Labute approximate surface area is 109 Å². The first-order valence-electron chi connectivity index (χ1n) is 6.49. The predicted molar refractivity (Wildman–Crippen MR) is 73.0 cm³/mol. The van der Waals surface area contributed by atoms with Gasteiger partial charge in [-0.2, -0.15) is 11.8 Å². The minimum Gasteiger partial charge on any atom is -0.461 e. The number of hydrogen-bond donors (Lipinski definition) is 1. The highest BCUT2D eigenvalue weighted by Crippen LogP contribution is 2.31. The number of esters is 1. The van der Waals surface area contributed by atoms with Crippen LogP contribution < -0.4 is 5.73 Å². The van der Waals surface area contributed by atoms with Crippen LogP contribution in [0, 0.1) is 11.8 Å². The lowest BCUT2D eigenvalue weighted by Crippen LogP contribution is -2.37. The molecule has 0 aromatic carbocycles. The maximum Gasteiger partial charge on any atom is 0.323 e. The van der Waals surface area contributed by atoms with E-state index in [0.717, 1.165) is 30.9 Å². The SMILES string of the molecule is CSCCC(N)C(=O)OC1CCC(C)C(C)C1. The normalized spacial score (nSPS) is 30.9. The minimum absolute atomic E-state index is 0.0917. The number of thioether (sulfide) groups is 1. The molecule has 0 heterocycles. The second-order valence-electron chi connectivity index (χ2n) is 5.21. The second kappa shape index (κ2) is 7.27. The van der Waals surface area contributed by atoms with Crippen LogP contribution in [0.25, 0.3) is 0 Å². The third kappa shape index (κ3) is 4.88. The van der Waals surface area contributed by atoms with Crippen LogP contribution in [-0.2, 0) is 9.53 Å². The molecule has 2 N–H and O–H groups in total. The summed E-state index contributed by atoms with van der Waals surface area (Å²) in [4.78, 5) is 11.7. The van der Waals surface area contributed by atoms with Gasteiger partial charge in [-0.3, -0.25) is 4.79 Å². The fourth-order valence-corrected chi connectivity index (χ4v) is 2.71. The van der Waals surface area contributed by atoms with Crippen molar-refractivity contribution in [2.75, 3.05) is 12.0 Å². The van der Waals surface area contributed by atoms with Gasteiger partial charge in [0, 0.05) is 0 Å². The van der Waals surface area contributed by atoms with Crippen molar-refractivity contribution in [3.63, 3.8) is 0 Å². The van der Waals surface area contributed by atoms with Gasteiger partial charge in [0.2, 0.25) is 0 Å². The van der Waals surface area contributed by atoms with Crippen molar-refractivity contribution in [3.8, 4) is 0 Å². The topological polar surface area (TPSA) is 52.3 Å². The Morgan fingerprint density at radius 3 is 2.71 bits per heavy atom. The van der Waals surface area contributed by atoms with Crippen LogP contribution in [0.5, 0.6) is 0 Å². The van der Waals surface area contributed by atoms with E-state index in [1.165, 1.54) is 0 Å². The zero-order chi connectivity index (χ0) is 12.8. The Morgan fingerprint density at radius 1 is 1.41 bits per heavy atom. The van der Waals surface area contributed by atoms with Crippen molar-refractivity contribution in [3.05, 3.63) is 0 Å². The lowest BCUT2D eigenvalue weighted by atomic mass is 9.80. The summed E-state index contributed by atoms with van der Waals surface area (Å²) in [7, 11) is 0. The van der Waals surface area contributed by atoms with Gasteiger partial charge >= 0.3 is 5.97 Å². The molecule has 1 fully saturated rings. The Morgan fingerprint density at radius 2 is 2.12 bits per heavy atom. The summed E-state index contributed by atoms with van der Waals surface area (Å²) >= 11 is 1.71. The smallest absolute Gasteiger partial charge is 0.323 e. The van der Waals surface area contributed by atoms with Crippen molar-refractivity contribution in [2.45, 2.75) is 51.7 Å². The van der Waals surface area contributed by atoms with Crippen LogP contribution in [0.1, 0.15) is 39.5 Å². The molecular weight excluding hydrogens is 234 g/mol. The summed E-state index contributed by atoms with van der Waals surface area (Å²) in [5.74, 6) is 2.08. The molecule has 0 radical (unpaired) electrons. The molecule has 0 amide bonds. The van der Waals surface area contributed by atoms with Gasteiger partial charge in [0.05, 0.1) is 0 Å². The molecule has 1 aliphatic rings. The van der Waals surface area contributed by atoms with Crippen molar-refractivity contribution in [2.24, 2.45) is 17.6 Å². The van der Waals surface area contributed by atoms with Gasteiger partial charge in [-0.25, -0.2) is 0 Å². The Bertz CT molecular complexity index is 248. The largest absolute Gasteiger partial charge is 0.461 e. The van der Waals surface area contributed by atoms with E-state index in [4.69, 9.17) is 10.5 Å². The van der Waals surface area contributed by atoms with Crippen molar-refractivity contribution >= 4 is 17.7 Å². The molecule has 4 unspecified atom stereocenters. The monoisotopic (exact) mass is 259 g/mol. The van der Waals surface area contributed by atoms with Crippen molar-refractivity contribution in [1.29, 1.82) is 0 Å². The average molecular weight is 259 g/mol. The highest BCUT2D eigenvalue weighted by Gasteiger charge is 2.28. The number of nitrogens with two attached hydrogens (primary N) is 1. The van der Waals surface area contributed by atoms with Gasteiger partial charge in [0.1, 0.15) is 12.1 Å². The first-order valence-corrected chi connectivity index (χ1v) is 7.89. The highest BCUT2D eigenvalue weighted by atomic mass is 32.2. The van der Waals surface area contributed by atoms with E-state index >= 15 is 0 Å². The van der Waals surface area contributed by atoms with Crippen LogP contribution in [0.3, 0.4) is 0 Å². The van der Waals surface area contributed by atoms with Crippen molar-refractivity contribution < 1.29 is 9.53 Å².